The van der Waals surface area contributed by atoms with E-state index in [1.807, 2.05) is 30.3 Å². The van der Waals surface area contributed by atoms with Gasteiger partial charge in [0.15, 0.2) is 0 Å². The van der Waals surface area contributed by atoms with Gasteiger partial charge in [0.2, 0.25) is 0 Å². The van der Waals surface area contributed by atoms with Crippen LogP contribution >= 0.6 is 0 Å². The molecule has 0 fully saturated rings. The molecule has 4 heteroatoms. The number of alkyl carbamates (subject to hydrolysis) is 1. The molecule has 0 saturated carbocycles. The molecule has 0 heterocycles. The number of hydrogen-bond acceptors (Lipinski definition) is 3. The van der Waals surface area contributed by atoms with Crippen molar-refractivity contribution in [3.8, 4) is 16.9 Å². The summed E-state index contributed by atoms with van der Waals surface area (Å²) in [5, 5.41) is 12.2. The Balaban J connectivity index is 2.04. The number of ether oxygens (including phenoxy) is 1. The number of phenols is 1. The van der Waals surface area contributed by atoms with E-state index in [0.29, 0.717) is 6.54 Å². The molecule has 108 valence electrons. The molecule has 0 atom stereocenters. The van der Waals surface area contributed by atoms with E-state index in [2.05, 4.69) is 11.9 Å². The first kappa shape index (κ1) is 14.7. The molecule has 4 nitrogen and oxygen atoms in total. The van der Waals surface area contributed by atoms with Crippen LogP contribution in [-0.2, 0) is 11.3 Å². The first-order chi connectivity index (χ1) is 10.2. The number of benzene rings is 2. The summed E-state index contributed by atoms with van der Waals surface area (Å²) in [6.07, 6.45) is 1.04. The van der Waals surface area contributed by atoms with E-state index >= 15 is 0 Å². The normalized spacial score (nSPS) is 9.90. The molecule has 0 unspecified atom stereocenters. The highest BCUT2D eigenvalue weighted by Crippen LogP contribution is 2.23. The lowest BCUT2D eigenvalue weighted by Gasteiger charge is -2.08. The van der Waals surface area contributed by atoms with Crippen LogP contribution in [-0.4, -0.2) is 17.8 Å². The standard InChI is InChI=1S/C17H17NO3/c1-2-9-21-17(20)18-12-13-5-3-6-14(10-13)15-7-4-8-16(19)11-15/h2-8,10-11,19H,1,9,12H2,(H,18,20). The Bertz CT molecular complexity index is 637. The Morgan fingerprint density at radius 1 is 1.19 bits per heavy atom. The first-order valence-corrected chi connectivity index (χ1v) is 6.59. The maximum atomic E-state index is 11.4. The van der Waals surface area contributed by atoms with Crippen molar-refractivity contribution in [3.05, 3.63) is 66.7 Å². The molecule has 0 saturated heterocycles. The molecule has 0 aliphatic carbocycles. The zero-order valence-corrected chi connectivity index (χ0v) is 11.6. The Morgan fingerprint density at radius 3 is 2.62 bits per heavy atom. The highest BCUT2D eigenvalue weighted by atomic mass is 16.5. The summed E-state index contributed by atoms with van der Waals surface area (Å²) >= 11 is 0. The molecule has 0 aromatic heterocycles. The third-order valence-corrected chi connectivity index (χ3v) is 2.88. The summed E-state index contributed by atoms with van der Waals surface area (Å²) < 4.78 is 4.84. The van der Waals surface area contributed by atoms with Gasteiger partial charge >= 0.3 is 6.09 Å². The zero-order chi connectivity index (χ0) is 15.1. The van der Waals surface area contributed by atoms with Crippen LogP contribution in [0.25, 0.3) is 11.1 Å². The molecule has 0 radical (unpaired) electrons. The van der Waals surface area contributed by atoms with Crippen molar-refractivity contribution in [3.63, 3.8) is 0 Å². The highest BCUT2D eigenvalue weighted by molar-refractivity contribution is 5.68. The second-order valence-electron chi connectivity index (χ2n) is 4.49. The molecule has 0 bridgehead atoms. The number of aromatic hydroxyl groups is 1. The smallest absolute Gasteiger partial charge is 0.407 e. The van der Waals surface area contributed by atoms with Gasteiger partial charge < -0.3 is 15.2 Å². The molecule has 21 heavy (non-hydrogen) atoms. The molecule has 0 aliphatic rings. The predicted molar refractivity (Wildman–Crippen MR) is 81.9 cm³/mol. The number of carbonyl (C=O) groups is 1. The third kappa shape index (κ3) is 4.38. The van der Waals surface area contributed by atoms with Crippen LogP contribution in [0.1, 0.15) is 5.56 Å². The summed E-state index contributed by atoms with van der Waals surface area (Å²) in [5.74, 6) is 0.226. The van der Waals surface area contributed by atoms with E-state index in [0.717, 1.165) is 16.7 Å². The molecule has 0 aliphatic heterocycles. The number of phenolic OH excluding ortho intramolecular Hbond substituents is 1. The molecule has 2 aromatic rings. The second-order valence-corrected chi connectivity index (χ2v) is 4.49. The third-order valence-electron chi connectivity index (χ3n) is 2.88. The van der Waals surface area contributed by atoms with E-state index in [4.69, 9.17) is 4.74 Å². The van der Waals surface area contributed by atoms with Gasteiger partial charge in [-0.25, -0.2) is 4.79 Å². The number of nitrogens with one attached hydrogen (secondary N) is 1. The van der Waals surface area contributed by atoms with Gasteiger partial charge in [-0.2, -0.15) is 0 Å². The minimum Gasteiger partial charge on any atom is -0.508 e. The van der Waals surface area contributed by atoms with Gasteiger partial charge in [0, 0.05) is 6.54 Å². The molecule has 2 rings (SSSR count). The minimum absolute atomic E-state index is 0.190. The SMILES string of the molecule is C=CCOC(=O)NCc1cccc(-c2cccc(O)c2)c1. The zero-order valence-electron chi connectivity index (χ0n) is 11.6. The minimum atomic E-state index is -0.474. The maximum absolute atomic E-state index is 11.4. The van der Waals surface area contributed by atoms with Crippen LogP contribution in [0, 0.1) is 0 Å². The monoisotopic (exact) mass is 283 g/mol. The van der Waals surface area contributed by atoms with Gasteiger partial charge in [0.25, 0.3) is 0 Å². The van der Waals surface area contributed by atoms with Crippen LogP contribution in [0.5, 0.6) is 5.75 Å². The fraction of sp³-hybridized carbons (Fsp3) is 0.118. The number of amides is 1. The Labute approximate surface area is 123 Å². The summed E-state index contributed by atoms with van der Waals surface area (Å²) in [7, 11) is 0. The van der Waals surface area contributed by atoms with E-state index in [1.165, 1.54) is 6.08 Å². The van der Waals surface area contributed by atoms with Crippen molar-refractivity contribution in [1.82, 2.24) is 5.32 Å². The number of rotatable bonds is 5. The lowest BCUT2D eigenvalue weighted by molar-refractivity contribution is 0.158. The Hall–Kier alpha value is -2.75. The number of hydrogen-bond donors (Lipinski definition) is 2. The van der Waals surface area contributed by atoms with Crippen molar-refractivity contribution in [1.29, 1.82) is 0 Å². The average molecular weight is 283 g/mol. The van der Waals surface area contributed by atoms with Crippen molar-refractivity contribution in [2.45, 2.75) is 6.54 Å². The topological polar surface area (TPSA) is 58.6 Å². The molecule has 0 spiro atoms. The lowest BCUT2D eigenvalue weighted by atomic mass is 10.0. The van der Waals surface area contributed by atoms with Crippen LogP contribution in [0.15, 0.2) is 61.2 Å². The molecule has 2 aromatic carbocycles. The fourth-order valence-electron chi connectivity index (χ4n) is 1.91. The summed E-state index contributed by atoms with van der Waals surface area (Å²) in [5.41, 5.74) is 2.85. The second kappa shape index (κ2) is 7.14. The van der Waals surface area contributed by atoms with Crippen LogP contribution in [0.3, 0.4) is 0 Å². The molecule has 1 amide bonds. The Morgan fingerprint density at radius 2 is 1.90 bits per heavy atom. The maximum Gasteiger partial charge on any atom is 0.407 e. The van der Waals surface area contributed by atoms with Crippen molar-refractivity contribution >= 4 is 6.09 Å². The quantitative estimate of drug-likeness (QED) is 0.826. The van der Waals surface area contributed by atoms with Crippen molar-refractivity contribution in [2.24, 2.45) is 0 Å². The van der Waals surface area contributed by atoms with Crippen molar-refractivity contribution < 1.29 is 14.6 Å². The van der Waals surface area contributed by atoms with Gasteiger partial charge in [-0.05, 0) is 34.9 Å². The van der Waals surface area contributed by atoms with Crippen LogP contribution < -0.4 is 5.32 Å². The van der Waals surface area contributed by atoms with Gasteiger partial charge in [-0.1, -0.05) is 43.0 Å². The van der Waals surface area contributed by atoms with Gasteiger partial charge in [-0.3, -0.25) is 0 Å². The van der Waals surface area contributed by atoms with Gasteiger partial charge in [-0.15, -0.1) is 0 Å². The van der Waals surface area contributed by atoms with Gasteiger partial charge in [0.05, 0.1) is 0 Å². The molecule has 2 N–H and O–H groups in total. The van der Waals surface area contributed by atoms with E-state index in [9.17, 15) is 9.90 Å². The fourth-order valence-corrected chi connectivity index (χ4v) is 1.91. The average Bonchev–Trinajstić information content (AvgIpc) is 2.51. The Kier molecular flexibility index (Phi) is 4.99. The number of carbonyl (C=O) groups excluding carboxylic acids is 1. The van der Waals surface area contributed by atoms with Crippen molar-refractivity contribution in [2.75, 3.05) is 6.61 Å². The summed E-state index contributed by atoms with van der Waals surface area (Å²) in [6.45, 7) is 4.05. The molecular weight excluding hydrogens is 266 g/mol. The van der Waals surface area contributed by atoms with Crippen LogP contribution in [0.2, 0.25) is 0 Å². The van der Waals surface area contributed by atoms with Gasteiger partial charge in [0.1, 0.15) is 12.4 Å². The predicted octanol–water partition coefficient (Wildman–Crippen LogP) is 3.47. The summed E-state index contributed by atoms with van der Waals surface area (Å²) in [4.78, 5) is 11.4. The molecular formula is C17H17NO3. The van der Waals surface area contributed by atoms with E-state index in [-0.39, 0.29) is 12.4 Å². The first-order valence-electron chi connectivity index (χ1n) is 6.59. The van der Waals surface area contributed by atoms with E-state index < -0.39 is 6.09 Å². The highest BCUT2D eigenvalue weighted by Gasteiger charge is 2.03. The van der Waals surface area contributed by atoms with Crippen LogP contribution in [0.4, 0.5) is 4.79 Å². The van der Waals surface area contributed by atoms with E-state index in [1.54, 1.807) is 18.2 Å². The largest absolute Gasteiger partial charge is 0.508 e. The lowest BCUT2D eigenvalue weighted by Crippen LogP contribution is -2.23. The summed E-state index contributed by atoms with van der Waals surface area (Å²) in [6, 6.07) is 14.8.